The minimum atomic E-state index is -0.424. The highest BCUT2D eigenvalue weighted by molar-refractivity contribution is 7.18. The fourth-order valence-electron chi connectivity index (χ4n) is 5.72. The third kappa shape index (κ3) is 4.04. The molecule has 180 valence electrons. The highest BCUT2D eigenvalue weighted by Gasteiger charge is 2.28. The lowest BCUT2D eigenvalue weighted by Gasteiger charge is -2.35. The maximum atomic E-state index is 13.8. The number of carbonyl (C=O) groups is 1. The average molecular weight is 480 g/mol. The molecule has 0 N–H and O–H groups in total. The van der Waals surface area contributed by atoms with Crippen LogP contribution in [0.15, 0.2) is 33.9 Å². The van der Waals surface area contributed by atoms with E-state index >= 15 is 0 Å². The van der Waals surface area contributed by atoms with Gasteiger partial charge in [0.1, 0.15) is 11.4 Å². The molecule has 0 radical (unpaired) electrons. The fraction of sp³-hybridized carbons (Fsp3) is 0.519. The molecule has 2 aromatic heterocycles. The number of nitrogens with zero attached hydrogens (tertiary/aromatic N) is 3. The Morgan fingerprint density at radius 3 is 2.38 bits per heavy atom. The van der Waals surface area contributed by atoms with E-state index in [9.17, 15) is 14.4 Å². The smallest absolute Gasteiger partial charge is 0.337 e. The predicted octanol–water partition coefficient (Wildman–Crippen LogP) is 4.16. The number of piperidine rings is 1. The summed E-state index contributed by atoms with van der Waals surface area (Å²) in [5.74, 6) is 0.855. The molecule has 2 atom stereocenters. The third-order valence-electron chi connectivity index (χ3n) is 7.35. The summed E-state index contributed by atoms with van der Waals surface area (Å²) in [5.41, 5.74) is 2.11. The number of fused-ring (bicyclic) bond motifs is 3. The normalized spacial score (nSPS) is 20.5. The highest BCUT2D eigenvalue weighted by Crippen LogP contribution is 2.34. The Kier molecular flexibility index (Phi) is 6.23. The molecule has 0 saturated carbocycles. The van der Waals surface area contributed by atoms with E-state index in [4.69, 9.17) is 0 Å². The molecule has 3 heterocycles. The monoisotopic (exact) mass is 479 g/mol. The Balaban J connectivity index is 1.67. The zero-order valence-corrected chi connectivity index (χ0v) is 21.1. The van der Waals surface area contributed by atoms with E-state index in [1.54, 1.807) is 4.57 Å². The first-order chi connectivity index (χ1) is 16.4. The van der Waals surface area contributed by atoms with Gasteiger partial charge in [0, 0.05) is 18.0 Å². The molecule has 6 nitrogen and oxygen atoms in total. The van der Waals surface area contributed by atoms with Gasteiger partial charge in [0.25, 0.3) is 5.56 Å². The number of hydrogen-bond acceptors (Lipinski definition) is 4. The minimum absolute atomic E-state index is 0.0263. The molecular weight excluding hydrogens is 446 g/mol. The van der Waals surface area contributed by atoms with Crippen molar-refractivity contribution < 1.29 is 4.79 Å². The summed E-state index contributed by atoms with van der Waals surface area (Å²) in [6.45, 7) is 7.84. The molecule has 0 unspecified atom stereocenters. The summed E-state index contributed by atoms with van der Waals surface area (Å²) in [4.78, 5) is 44.7. The summed E-state index contributed by atoms with van der Waals surface area (Å²) in [7, 11) is 0. The van der Waals surface area contributed by atoms with Crippen LogP contribution in [-0.4, -0.2) is 33.0 Å². The summed E-state index contributed by atoms with van der Waals surface area (Å²) >= 11 is 1.53. The van der Waals surface area contributed by atoms with E-state index in [0.29, 0.717) is 27.7 Å². The quantitative estimate of drug-likeness (QED) is 0.564. The molecule has 0 bridgehead atoms. The molecule has 1 aromatic carbocycles. The number of likely N-dealkylation sites (tertiary alicyclic amines) is 1. The standard InChI is InChI=1S/C27H33N3O3S/c1-4-19-9-11-20(12-10-19)30-25(32)24-21-7-5-6-8-22(21)34-26(24)29(27(30)33)16-23(31)28-14-17(2)13-18(3)15-28/h9-12,17-18H,4-8,13-16H2,1-3H3/t17-,18-/m1/s1. The lowest BCUT2D eigenvalue weighted by atomic mass is 9.92. The Morgan fingerprint density at radius 1 is 1.03 bits per heavy atom. The van der Waals surface area contributed by atoms with E-state index < -0.39 is 5.69 Å². The topological polar surface area (TPSA) is 64.3 Å². The SMILES string of the molecule is CCc1ccc(-n2c(=O)c3c4c(sc3n(CC(=O)N3C[C@H](C)C[C@@H](C)C3)c2=O)CCCC4)cc1. The first-order valence-corrected chi connectivity index (χ1v) is 13.4. The van der Waals surface area contributed by atoms with Crippen molar-refractivity contribution in [2.24, 2.45) is 11.8 Å². The van der Waals surface area contributed by atoms with Crippen molar-refractivity contribution in [3.05, 3.63) is 61.1 Å². The van der Waals surface area contributed by atoms with Crippen LogP contribution in [0, 0.1) is 11.8 Å². The van der Waals surface area contributed by atoms with Gasteiger partial charge in [-0.25, -0.2) is 9.36 Å². The second kappa shape index (κ2) is 9.17. The van der Waals surface area contributed by atoms with Crippen LogP contribution in [0.2, 0.25) is 0 Å². The van der Waals surface area contributed by atoms with Crippen LogP contribution < -0.4 is 11.2 Å². The van der Waals surface area contributed by atoms with Gasteiger partial charge in [-0.05, 0) is 73.6 Å². The first kappa shape index (κ1) is 23.1. The largest absolute Gasteiger partial charge is 0.341 e. The number of aryl methyl sites for hydroxylation is 3. The highest BCUT2D eigenvalue weighted by atomic mass is 32.1. The van der Waals surface area contributed by atoms with Gasteiger partial charge in [0.2, 0.25) is 5.91 Å². The molecule has 1 aliphatic carbocycles. The van der Waals surface area contributed by atoms with Crippen molar-refractivity contribution in [3.8, 4) is 5.69 Å². The van der Waals surface area contributed by atoms with Crippen LogP contribution in [0.25, 0.3) is 15.9 Å². The Labute approximate surface area is 203 Å². The van der Waals surface area contributed by atoms with Crippen LogP contribution in [0.1, 0.15) is 56.0 Å². The van der Waals surface area contributed by atoms with Gasteiger partial charge in [0.05, 0.1) is 11.1 Å². The van der Waals surface area contributed by atoms with E-state index in [2.05, 4.69) is 20.8 Å². The molecule has 1 aliphatic heterocycles. The molecule has 0 spiro atoms. The van der Waals surface area contributed by atoms with Gasteiger partial charge in [0.15, 0.2) is 0 Å². The lowest BCUT2D eigenvalue weighted by Crippen LogP contribution is -2.46. The zero-order valence-electron chi connectivity index (χ0n) is 20.3. The third-order valence-corrected chi connectivity index (χ3v) is 8.67. The number of amides is 1. The maximum absolute atomic E-state index is 13.8. The molecule has 2 aliphatic rings. The van der Waals surface area contributed by atoms with Crippen LogP contribution in [0.3, 0.4) is 0 Å². The van der Waals surface area contributed by atoms with Gasteiger partial charge in [-0.2, -0.15) is 0 Å². The van der Waals surface area contributed by atoms with Crippen molar-refractivity contribution in [1.82, 2.24) is 14.0 Å². The second-order valence-electron chi connectivity index (χ2n) is 10.2. The van der Waals surface area contributed by atoms with Crippen molar-refractivity contribution in [2.45, 2.75) is 65.8 Å². The van der Waals surface area contributed by atoms with Gasteiger partial charge in [-0.15, -0.1) is 11.3 Å². The second-order valence-corrected chi connectivity index (χ2v) is 11.2. The van der Waals surface area contributed by atoms with Gasteiger partial charge in [-0.3, -0.25) is 14.2 Å². The Morgan fingerprint density at radius 2 is 1.71 bits per heavy atom. The van der Waals surface area contributed by atoms with Crippen molar-refractivity contribution >= 4 is 27.5 Å². The van der Waals surface area contributed by atoms with Crippen molar-refractivity contribution in [1.29, 1.82) is 0 Å². The first-order valence-electron chi connectivity index (χ1n) is 12.5. The summed E-state index contributed by atoms with van der Waals surface area (Å²) < 4.78 is 2.85. The van der Waals surface area contributed by atoms with E-state index in [-0.39, 0.29) is 18.0 Å². The molecular formula is C27H33N3O3S. The van der Waals surface area contributed by atoms with E-state index in [1.807, 2.05) is 29.2 Å². The molecule has 1 saturated heterocycles. The Bertz CT molecular complexity index is 1340. The zero-order chi connectivity index (χ0) is 24.0. The van der Waals surface area contributed by atoms with Crippen LogP contribution in [-0.2, 0) is 30.6 Å². The summed E-state index contributed by atoms with van der Waals surface area (Å²) in [5, 5.41) is 0.632. The molecule has 5 rings (SSSR count). The number of aromatic nitrogens is 2. The van der Waals surface area contributed by atoms with Crippen LogP contribution in [0.4, 0.5) is 0 Å². The minimum Gasteiger partial charge on any atom is -0.341 e. The number of rotatable bonds is 4. The van der Waals surface area contributed by atoms with Crippen molar-refractivity contribution in [3.63, 3.8) is 0 Å². The molecule has 34 heavy (non-hydrogen) atoms. The number of hydrogen-bond donors (Lipinski definition) is 0. The molecule has 1 amide bonds. The maximum Gasteiger partial charge on any atom is 0.337 e. The molecule has 7 heteroatoms. The van der Waals surface area contributed by atoms with Gasteiger partial charge < -0.3 is 4.90 Å². The fourth-order valence-corrected chi connectivity index (χ4v) is 7.09. The van der Waals surface area contributed by atoms with Crippen LogP contribution >= 0.6 is 11.3 Å². The lowest BCUT2D eigenvalue weighted by molar-refractivity contribution is -0.134. The number of thiophene rings is 1. The summed E-state index contributed by atoms with van der Waals surface area (Å²) in [6.07, 6.45) is 5.93. The van der Waals surface area contributed by atoms with Gasteiger partial charge >= 0.3 is 5.69 Å². The van der Waals surface area contributed by atoms with E-state index in [0.717, 1.165) is 62.7 Å². The van der Waals surface area contributed by atoms with E-state index in [1.165, 1.54) is 20.8 Å². The van der Waals surface area contributed by atoms with Crippen LogP contribution in [0.5, 0.6) is 0 Å². The average Bonchev–Trinajstić information content (AvgIpc) is 3.21. The number of carbonyl (C=O) groups excluding carboxylic acids is 1. The molecule has 3 aromatic rings. The Hall–Kier alpha value is -2.67. The predicted molar refractivity (Wildman–Crippen MR) is 137 cm³/mol. The molecule has 1 fully saturated rings. The van der Waals surface area contributed by atoms with Gasteiger partial charge in [-0.1, -0.05) is 32.9 Å². The number of benzene rings is 1. The summed E-state index contributed by atoms with van der Waals surface area (Å²) in [6, 6.07) is 7.60. The van der Waals surface area contributed by atoms with Crippen molar-refractivity contribution in [2.75, 3.05) is 13.1 Å².